The van der Waals surface area contributed by atoms with Crippen molar-refractivity contribution in [3.63, 3.8) is 0 Å². The molecule has 3 aromatic rings. The van der Waals surface area contributed by atoms with Crippen LogP contribution in [0.5, 0.6) is 0 Å². The molecule has 5 rings (SSSR count). The fourth-order valence-corrected chi connectivity index (χ4v) is 3.99. The number of aromatic nitrogens is 2. The van der Waals surface area contributed by atoms with Gasteiger partial charge in [0, 0.05) is 19.0 Å². The average molecular weight is 343 g/mol. The quantitative estimate of drug-likeness (QED) is 0.663. The molecular weight excluding hydrogens is 322 g/mol. The van der Waals surface area contributed by atoms with E-state index in [1.165, 1.54) is 12.8 Å². The molecule has 2 heterocycles. The van der Waals surface area contributed by atoms with Crippen molar-refractivity contribution >= 4 is 16.9 Å². The van der Waals surface area contributed by atoms with Gasteiger partial charge in [-0.1, -0.05) is 42.5 Å². The number of hydrogen-bond donors (Lipinski definition) is 0. The zero-order valence-corrected chi connectivity index (χ0v) is 14.6. The van der Waals surface area contributed by atoms with Crippen molar-refractivity contribution in [3.8, 4) is 0 Å². The number of para-hydroxylation sites is 1. The SMILES string of the molecule is C=C[C@H]1CN(Cc2ccccc2)C(=O)c2cccc3nc(C4CC4)n1c23. The van der Waals surface area contributed by atoms with Crippen LogP contribution in [0.15, 0.2) is 61.2 Å². The molecule has 2 aliphatic rings. The lowest BCUT2D eigenvalue weighted by atomic mass is 10.1. The molecule has 1 saturated carbocycles. The summed E-state index contributed by atoms with van der Waals surface area (Å²) in [6, 6.07) is 16.1. The Morgan fingerprint density at radius 1 is 1.12 bits per heavy atom. The Kier molecular flexibility index (Phi) is 3.45. The van der Waals surface area contributed by atoms with Crippen LogP contribution in [0.1, 0.15) is 46.5 Å². The first kappa shape index (κ1) is 15.4. The standard InChI is InChI=1S/C22H21N3O/c1-2-17-14-24(13-15-7-4-3-5-8-15)22(26)18-9-6-10-19-20(18)25(17)21(23-19)16-11-12-16/h2-10,16-17H,1,11-14H2/t17-/m0/s1. The summed E-state index contributed by atoms with van der Waals surface area (Å²) in [4.78, 5) is 20.2. The second kappa shape index (κ2) is 5.84. The highest BCUT2D eigenvalue weighted by Gasteiger charge is 2.35. The highest BCUT2D eigenvalue weighted by atomic mass is 16.2. The van der Waals surface area contributed by atoms with E-state index in [1.54, 1.807) is 0 Å². The molecule has 0 N–H and O–H groups in total. The molecule has 1 aliphatic heterocycles. The summed E-state index contributed by atoms with van der Waals surface area (Å²) in [5.74, 6) is 1.72. The fourth-order valence-electron chi connectivity index (χ4n) is 3.99. The zero-order chi connectivity index (χ0) is 17.7. The number of hydrogen-bond acceptors (Lipinski definition) is 2. The van der Waals surface area contributed by atoms with Gasteiger partial charge in [0.25, 0.3) is 5.91 Å². The van der Waals surface area contributed by atoms with Gasteiger partial charge in [-0.3, -0.25) is 4.79 Å². The first-order valence-electron chi connectivity index (χ1n) is 9.23. The second-order valence-electron chi connectivity index (χ2n) is 7.26. The lowest BCUT2D eigenvalue weighted by Crippen LogP contribution is -2.33. The van der Waals surface area contributed by atoms with Gasteiger partial charge in [0.2, 0.25) is 0 Å². The first-order chi connectivity index (χ1) is 12.8. The maximum Gasteiger partial charge on any atom is 0.256 e. The second-order valence-corrected chi connectivity index (χ2v) is 7.26. The maximum atomic E-state index is 13.3. The Bertz CT molecular complexity index is 1000. The minimum Gasteiger partial charge on any atom is -0.332 e. The molecule has 1 aromatic heterocycles. The lowest BCUT2D eigenvalue weighted by Gasteiger charge is -2.25. The van der Waals surface area contributed by atoms with Gasteiger partial charge in [0.05, 0.1) is 22.6 Å². The molecule has 2 aromatic carbocycles. The Morgan fingerprint density at radius 2 is 1.92 bits per heavy atom. The summed E-state index contributed by atoms with van der Waals surface area (Å²) >= 11 is 0. The van der Waals surface area contributed by atoms with E-state index in [1.807, 2.05) is 47.4 Å². The van der Waals surface area contributed by atoms with E-state index in [0.29, 0.717) is 19.0 Å². The molecule has 0 unspecified atom stereocenters. The van der Waals surface area contributed by atoms with E-state index in [4.69, 9.17) is 4.98 Å². The van der Waals surface area contributed by atoms with Gasteiger partial charge in [-0.25, -0.2) is 4.98 Å². The average Bonchev–Trinajstić information content (AvgIpc) is 3.46. The zero-order valence-electron chi connectivity index (χ0n) is 14.6. The van der Waals surface area contributed by atoms with Crippen molar-refractivity contribution in [2.45, 2.75) is 31.3 Å². The fraction of sp³-hybridized carbons (Fsp3) is 0.273. The molecule has 4 nitrogen and oxygen atoms in total. The Labute approximate surface area is 152 Å². The topological polar surface area (TPSA) is 38.1 Å². The van der Waals surface area contributed by atoms with Crippen LogP contribution in [0.3, 0.4) is 0 Å². The Morgan fingerprint density at radius 3 is 2.65 bits per heavy atom. The molecule has 0 saturated heterocycles. The molecule has 0 radical (unpaired) electrons. The number of rotatable bonds is 4. The van der Waals surface area contributed by atoms with Crippen molar-refractivity contribution in [3.05, 3.63) is 78.1 Å². The van der Waals surface area contributed by atoms with Gasteiger partial charge in [0.15, 0.2) is 0 Å². The third-order valence-electron chi connectivity index (χ3n) is 5.42. The minimum absolute atomic E-state index is 0.0481. The van der Waals surface area contributed by atoms with Crippen LogP contribution in [0.2, 0.25) is 0 Å². The van der Waals surface area contributed by atoms with Gasteiger partial charge < -0.3 is 9.47 Å². The summed E-state index contributed by atoms with van der Waals surface area (Å²) < 4.78 is 2.28. The van der Waals surface area contributed by atoms with Gasteiger partial charge in [0.1, 0.15) is 5.82 Å². The summed E-state index contributed by atoms with van der Waals surface area (Å²) in [6.07, 6.45) is 4.33. The van der Waals surface area contributed by atoms with Gasteiger partial charge in [-0.15, -0.1) is 6.58 Å². The van der Waals surface area contributed by atoms with Crippen molar-refractivity contribution in [1.82, 2.24) is 14.5 Å². The molecule has 1 aliphatic carbocycles. The lowest BCUT2D eigenvalue weighted by molar-refractivity contribution is 0.0737. The first-order valence-corrected chi connectivity index (χ1v) is 9.23. The van der Waals surface area contributed by atoms with E-state index < -0.39 is 0 Å². The minimum atomic E-state index is 0.0481. The van der Waals surface area contributed by atoms with Crippen LogP contribution in [-0.4, -0.2) is 26.9 Å². The monoisotopic (exact) mass is 343 g/mol. The van der Waals surface area contributed by atoms with Crippen molar-refractivity contribution in [1.29, 1.82) is 0 Å². The summed E-state index contributed by atoms with van der Waals surface area (Å²) in [5, 5.41) is 0. The molecule has 0 bridgehead atoms. The van der Waals surface area contributed by atoms with Crippen LogP contribution in [0.25, 0.3) is 11.0 Å². The van der Waals surface area contributed by atoms with Crippen LogP contribution in [0, 0.1) is 0 Å². The summed E-state index contributed by atoms with van der Waals surface area (Å²) in [5.41, 5.74) is 3.79. The van der Waals surface area contributed by atoms with E-state index in [-0.39, 0.29) is 11.9 Å². The summed E-state index contributed by atoms with van der Waals surface area (Å²) in [6.45, 7) is 5.30. The number of amides is 1. The number of imidazole rings is 1. The predicted octanol–water partition coefficient (Wildman–Crippen LogP) is 4.30. The third-order valence-corrected chi connectivity index (χ3v) is 5.42. The molecule has 130 valence electrons. The molecule has 0 spiro atoms. The van der Waals surface area contributed by atoms with Crippen molar-refractivity contribution in [2.75, 3.05) is 6.54 Å². The smallest absolute Gasteiger partial charge is 0.256 e. The number of benzene rings is 2. The van der Waals surface area contributed by atoms with Crippen molar-refractivity contribution in [2.24, 2.45) is 0 Å². The Hall–Kier alpha value is -2.88. The number of carbonyl (C=O) groups is 1. The van der Waals surface area contributed by atoms with E-state index in [2.05, 4.69) is 23.3 Å². The van der Waals surface area contributed by atoms with Gasteiger partial charge in [-0.2, -0.15) is 0 Å². The molecule has 1 amide bonds. The molecule has 1 atom stereocenters. The van der Waals surface area contributed by atoms with Crippen LogP contribution >= 0.6 is 0 Å². The third kappa shape index (κ3) is 2.37. The Balaban J connectivity index is 1.65. The van der Waals surface area contributed by atoms with Gasteiger partial charge in [-0.05, 0) is 30.5 Å². The van der Waals surface area contributed by atoms with Crippen LogP contribution in [-0.2, 0) is 6.54 Å². The number of nitrogens with zero attached hydrogens (tertiary/aromatic N) is 3. The highest BCUT2D eigenvalue weighted by molar-refractivity contribution is 6.05. The van der Waals surface area contributed by atoms with Crippen LogP contribution in [0.4, 0.5) is 0 Å². The number of carbonyl (C=O) groups excluding carboxylic acids is 1. The largest absolute Gasteiger partial charge is 0.332 e. The predicted molar refractivity (Wildman–Crippen MR) is 102 cm³/mol. The van der Waals surface area contributed by atoms with Gasteiger partial charge >= 0.3 is 0 Å². The molecule has 1 fully saturated rings. The van der Waals surface area contributed by atoms with E-state index in [9.17, 15) is 4.79 Å². The molecule has 26 heavy (non-hydrogen) atoms. The maximum absolute atomic E-state index is 13.3. The van der Waals surface area contributed by atoms with Crippen LogP contribution < -0.4 is 0 Å². The summed E-state index contributed by atoms with van der Waals surface area (Å²) in [7, 11) is 0. The van der Waals surface area contributed by atoms with E-state index in [0.717, 1.165) is 28.0 Å². The van der Waals surface area contributed by atoms with Crippen molar-refractivity contribution < 1.29 is 4.79 Å². The molecule has 4 heteroatoms. The molecular formula is C22H21N3O. The van der Waals surface area contributed by atoms with E-state index >= 15 is 0 Å². The normalized spacial score (nSPS) is 19.6. The highest BCUT2D eigenvalue weighted by Crippen LogP contribution is 2.43.